The van der Waals surface area contributed by atoms with Gasteiger partial charge < -0.3 is 15.4 Å². The number of carbonyl (C=O) groups is 1. The molecular weight excluding hydrogens is 266 g/mol. The van der Waals surface area contributed by atoms with Gasteiger partial charge in [0.15, 0.2) is 0 Å². The van der Waals surface area contributed by atoms with Crippen molar-refractivity contribution in [1.82, 2.24) is 4.90 Å². The summed E-state index contributed by atoms with van der Waals surface area (Å²) in [6.45, 7) is 2.03. The maximum absolute atomic E-state index is 12.2. The number of hydrogen-bond acceptors (Lipinski definition) is 4. The van der Waals surface area contributed by atoms with E-state index in [0.717, 1.165) is 0 Å². The van der Waals surface area contributed by atoms with E-state index in [2.05, 4.69) is 0 Å². The Morgan fingerprint density at radius 3 is 2.74 bits per heavy atom. The Morgan fingerprint density at radius 1 is 1.47 bits per heavy atom. The van der Waals surface area contributed by atoms with Crippen molar-refractivity contribution >= 4 is 18.3 Å². The van der Waals surface area contributed by atoms with Gasteiger partial charge in [0.25, 0.3) is 5.91 Å². The van der Waals surface area contributed by atoms with Crippen LogP contribution in [0.2, 0.25) is 0 Å². The molecular formula is C13H16ClN3O2. The van der Waals surface area contributed by atoms with Crippen LogP contribution < -0.4 is 5.73 Å². The second-order valence-corrected chi connectivity index (χ2v) is 4.17. The van der Waals surface area contributed by atoms with Crippen LogP contribution in [0.25, 0.3) is 0 Å². The molecule has 0 saturated carbocycles. The van der Waals surface area contributed by atoms with Crippen molar-refractivity contribution < 1.29 is 9.53 Å². The predicted molar refractivity (Wildman–Crippen MR) is 73.1 cm³/mol. The quantitative estimate of drug-likeness (QED) is 0.869. The summed E-state index contributed by atoms with van der Waals surface area (Å²) in [5.41, 5.74) is 6.68. The maximum atomic E-state index is 12.2. The fourth-order valence-corrected chi connectivity index (χ4v) is 1.92. The zero-order valence-corrected chi connectivity index (χ0v) is 11.2. The Morgan fingerprint density at radius 2 is 2.16 bits per heavy atom. The third-order valence-electron chi connectivity index (χ3n) is 2.95. The molecule has 0 bridgehead atoms. The summed E-state index contributed by atoms with van der Waals surface area (Å²) < 4.78 is 5.42. The molecule has 1 amide bonds. The number of morpholine rings is 1. The van der Waals surface area contributed by atoms with Gasteiger partial charge in [-0.25, -0.2) is 0 Å². The Hall–Kier alpha value is -1.61. The van der Waals surface area contributed by atoms with Crippen molar-refractivity contribution in [3.63, 3.8) is 0 Å². The number of nitriles is 1. The fraction of sp³-hybridized carbons (Fsp3) is 0.385. The van der Waals surface area contributed by atoms with E-state index >= 15 is 0 Å². The minimum absolute atomic E-state index is 0. The highest BCUT2D eigenvalue weighted by Gasteiger charge is 2.23. The van der Waals surface area contributed by atoms with Crippen LogP contribution in [0.3, 0.4) is 0 Å². The van der Waals surface area contributed by atoms with Crippen LogP contribution >= 0.6 is 12.4 Å². The van der Waals surface area contributed by atoms with Gasteiger partial charge in [-0.05, 0) is 24.3 Å². The minimum Gasteiger partial charge on any atom is -0.373 e. The van der Waals surface area contributed by atoms with Crippen LogP contribution in [0, 0.1) is 11.3 Å². The van der Waals surface area contributed by atoms with E-state index in [-0.39, 0.29) is 24.4 Å². The molecule has 0 spiro atoms. The monoisotopic (exact) mass is 281 g/mol. The standard InChI is InChI=1S/C13H15N3O2.ClH/c14-7-10-1-3-11(4-2-10)13(17)16-5-6-18-12(8-15)9-16;/h1-4,12H,5-6,8-9,15H2;1H. The first-order valence-electron chi connectivity index (χ1n) is 5.85. The molecule has 0 aliphatic carbocycles. The van der Waals surface area contributed by atoms with Crippen molar-refractivity contribution in [2.24, 2.45) is 5.73 Å². The molecule has 1 unspecified atom stereocenters. The third-order valence-corrected chi connectivity index (χ3v) is 2.95. The number of hydrogen-bond donors (Lipinski definition) is 1. The lowest BCUT2D eigenvalue weighted by Crippen LogP contribution is -2.48. The van der Waals surface area contributed by atoms with Crippen LogP contribution in [0.4, 0.5) is 0 Å². The average molecular weight is 282 g/mol. The SMILES string of the molecule is Cl.N#Cc1ccc(C(=O)N2CCOC(CN)C2)cc1. The molecule has 6 heteroatoms. The smallest absolute Gasteiger partial charge is 0.254 e. The average Bonchev–Trinajstić information content (AvgIpc) is 2.46. The summed E-state index contributed by atoms with van der Waals surface area (Å²) in [6.07, 6.45) is -0.0823. The van der Waals surface area contributed by atoms with Crippen LogP contribution in [0.1, 0.15) is 15.9 Å². The van der Waals surface area contributed by atoms with Gasteiger partial charge in [0, 0.05) is 25.2 Å². The number of benzene rings is 1. The highest BCUT2D eigenvalue weighted by atomic mass is 35.5. The molecule has 1 aromatic rings. The second-order valence-electron chi connectivity index (χ2n) is 4.17. The van der Waals surface area contributed by atoms with Gasteiger partial charge in [-0.15, -0.1) is 12.4 Å². The van der Waals surface area contributed by atoms with Crippen molar-refractivity contribution in [3.8, 4) is 6.07 Å². The summed E-state index contributed by atoms with van der Waals surface area (Å²) in [5, 5.41) is 8.71. The van der Waals surface area contributed by atoms with Gasteiger partial charge in [0.05, 0.1) is 24.3 Å². The molecule has 1 saturated heterocycles. The van der Waals surface area contributed by atoms with Crippen molar-refractivity contribution in [3.05, 3.63) is 35.4 Å². The largest absolute Gasteiger partial charge is 0.373 e. The first-order chi connectivity index (χ1) is 8.74. The van der Waals surface area contributed by atoms with E-state index < -0.39 is 0 Å². The molecule has 1 fully saturated rings. The zero-order chi connectivity index (χ0) is 13.0. The number of carbonyl (C=O) groups excluding carboxylic acids is 1. The van der Waals surface area contributed by atoms with E-state index in [9.17, 15) is 4.79 Å². The molecule has 0 radical (unpaired) electrons. The van der Waals surface area contributed by atoms with Gasteiger partial charge in [-0.2, -0.15) is 5.26 Å². The van der Waals surface area contributed by atoms with Crippen LogP contribution in [-0.2, 0) is 4.74 Å². The van der Waals surface area contributed by atoms with Crippen molar-refractivity contribution in [2.75, 3.05) is 26.2 Å². The normalized spacial score (nSPS) is 18.3. The number of ether oxygens (including phenoxy) is 1. The Bertz CT molecular complexity index is 470. The van der Waals surface area contributed by atoms with Crippen LogP contribution in [-0.4, -0.2) is 43.2 Å². The lowest BCUT2D eigenvalue weighted by atomic mass is 10.1. The molecule has 19 heavy (non-hydrogen) atoms. The fourth-order valence-electron chi connectivity index (χ4n) is 1.92. The lowest BCUT2D eigenvalue weighted by molar-refractivity contribution is -0.0167. The topological polar surface area (TPSA) is 79.3 Å². The van der Waals surface area contributed by atoms with Gasteiger partial charge in [0.1, 0.15) is 0 Å². The predicted octanol–water partition coefficient (Wildman–Crippen LogP) is 0.780. The summed E-state index contributed by atoms with van der Waals surface area (Å²) in [7, 11) is 0. The summed E-state index contributed by atoms with van der Waals surface area (Å²) >= 11 is 0. The Balaban J connectivity index is 0.00000180. The molecule has 0 aromatic heterocycles. The van der Waals surface area contributed by atoms with Gasteiger partial charge in [0.2, 0.25) is 0 Å². The minimum atomic E-state index is -0.0823. The van der Waals surface area contributed by atoms with Gasteiger partial charge in [-0.1, -0.05) is 0 Å². The number of nitrogens with zero attached hydrogens (tertiary/aromatic N) is 2. The molecule has 1 atom stereocenters. The number of nitrogens with two attached hydrogens (primary N) is 1. The number of halogens is 1. The molecule has 2 N–H and O–H groups in total. The lowest BCUT2D eigenvalue weighted by Gasteiger charge is -2.32. The first kappa shape index (κ1) is 15.4. The zero-order valence-electron chi connectivity index (χ0n) is 10.4. The van der Waals surface area contributed by atoms with E-state index in [4.69, 9.17) is 15.7 Å². The maximum Gasteiger partial charge on any atom is 0.254 e. The van der Waals surface area contributed by atoms with Crippen molar-refractivity contribution in [2.45, 2.75) is 6.10 Å². The summed E-state index contributed by atoms with van der Waals surface area (Å²) in [4.78, 5) is 13.9. The summed E-state index contributed by atoms with van der Waals surface area (Å²) in [6, 6.07) is 8.67. The van der Waals surface area contributed by atoms with Crippen LogP contribution in [0.5, 0.6) is 0 Å². The molecule has 5 nitrogen and oxygen atoms in total. The van der Waals surface area contributed by atoms with E-state index in [1.165, 1.54) is 0 Å². The van der Waals surface area contributed by atoms with E-state index in [1.807, 2.05) is 6.07 Å². The number of rotatable bonds is 2. The molecule has 1 heterocycles. The van der Waals surface area contributed by atoms with Crippen molar-refractivity contribution in [1.29, 1.82) is 5.26 Å². The molecule has 102 valence electrons. The summed E-state index contributed by atoms with van der Waals surface area (Å²) in [5.74, 6) is -0.0405. The molecule has 1 aliphatic rings. The number of amides is 1. The van der Waals surface area contributed by atoms with E-state index in [0.29, 0.717) is 37.4 Å². The van der Waals surface area contributed by atoms with E-state index in [1.54, 1.807) is 29.2 Å². The Labute approximate surface area is 118 Å². The molecule has 1 aliphatic heterocycles. The molecule has 1 aromatic carbocycles. The highest BCUT2D eigenvalue weighted by Crippen LogP contribution is 2.11. The molecule has 2 rings (SSSR count). The Kier molecular flexibility index (Phi) is 5.77. The first-order valence-corrected chi connectivity index (χ1v) is 5.85. The highest BCUT2D eigenvalue weighted by molar-refractivity contribution is 5.94. The van der Waals surface area contributed by atoms with Gasteiger partial charge >= 0.3 is 0 Å². The van der Waals surface area contributed by atoms with Crippen LogP contribution in [0.15, 0.2) is 24.3 Å². The second kappa shape index (κ2) is 7.10. The third kappa shape index (κ3) is 3.67. The van der Waals surface area contributed by atoms with Gasteiger partial charge in [-0.3, -0.25) is 4.79 Å².